The highest BCUT2D eigenvalue weighted by Crippen LogP contribution is 2.28. The number of nitriles is 1. The fraction of sp³-hybridized carbons (Fsp3) is 0.417. The Kier molecular flexibility index (Phi) is 4.17. The molecule has 0 aromatic carbocycles. The highest BCUT2D eigenvalue weighted by atomic mass is 32.1. The number of anilines is 2. The zero-order chi connectivity index (χ0) is 15.5. The Morgan fingerprint density at radius 2 is 2.18 bits per heavy atom. The number of carbonyl (C=O) groups excluding carboxylic acids is 1. The zero-order valence-corrected chi connectivity index (χ0v) is 13.4. The molecule has 8 nitrogen and oxygen atoms in total. The van der Waals surface area contributed by atoms with Gasteiger partial charge in [-0.25, -0.2) is 4.79 Å². The van der Waals surface area contributed by atoms with E-state index in [0.29, 0.717) is 36.9 Å². The molecule has 0 atom stereocenters. The normalized spacial score (nSPS) is 14.7. The van der Waals surface area contributed by atoms with Crippen LogP contribution in [0.5, 0.6) is 0 Å². The molecule has 1 saturated heterocycles. The second kappa shape index (κ2) is 6.25. The van der Waals surface area contributed by atoms with Crippen LogP contribution in [0.2, 0.25) is 0 Å². The minimum Gasteiger partial charge on any atom is -0.358 e. The van der Waals surface area contributed by atoms with Gasteiger partial charge in [-0.2, -0.15) is 9.64 Å². The van der Waals surface area contributed by atoms with Gasteiger partial charge in [0.25, 0.3) is 0 Å². The quantitative estimate of drug-likeness (QED) is 0.893. The van der Waals surface area contributed by atoms with E-state index in [1.165, 1.54) is 22.9 Å². The summed E-state index contributed by atoms with van der Waals surface area (Å²) < 4.78 is 4.24. The van der Waals surface area contributed by atoms with Crippen LogP contribution in [0.4, 0.5) is 14.9 Å². The van der Waals surface area contributed by atoms with Gasteiger partial charge in [0.15, 0.2) is 0 Å². The Morgan fingerprint density at radius 1 is 1.41 bits per heavy atom. The van der Waals surface area contributed by atoms with Crippen LogP contribution in [-0.2, 0) is 0 Å². The molecule has 2 aromatic rings. The van der Waals surface area contributed by atoms with E-state index < -0.39 is 0 Å². The lowest BCUT2D eigenvalue weighted by Gasteiger charge is -2.34. The first kappa shape index (κ1) is 14.7. The number of amides is 2. The van der Waals surface area contributed by atoms with E-state index in [2.05, 4.69) is 30.9 Å². The standard InChI is InChI=1S/C12H13N7OS2/c1-8-9(6-13)10(22-17-8)18-2-4-19(5-3-18)12(20)15-11-16-14-7-21-11/h7H,2-5H2,1H3,(H,15,16,20). The number of piperazine rings is 1. The molecule has 22 heavy (non-hydrogen) atoms. The molecule has 114 valence electrons. The van der Waals surface area contributed by atoms with Crippen molar-refractivity contribution in [3.05, 3.63) is 16.8 Å². The van der Waals surface area contributed by atoms with Crippen molar-refractivity contribution in [2.45, 2.75) is 6.92 Å². The van der Waals surface area contributed by atoms with Gasteiger partial charge in [0.1, 0.15) is 22.1 Å². The van der Waals surface area contributed by atoms with Crippen molar-refractivity contribution >= 4 is 39.0 Å². The summed E-state index contributed by atoms with van der Waals surface area (Å²) in [7, 11) is 0. The number of rotatable bonds is 2. The topological polar surface area (TPSA) is 98.0 Å². The highest BCUT2D eigenvalue weighted by Gasteiger charge is 2.25. The summed E-state index contributed by atoms with van der Waals surface area (Å²) in [5, 5.41) is 20.8. The van der Waals surface area contributed by atoms with E-state index in [9.17, 15) is 10.1 Å². The Balaban J connectivity index is 1.60. The van der Waals surface area contributed by atoms with Crippen LogP contribution < -0.4 is 10.2 Å². The number of carbonyl (C=O) groups is 1. The number of hydrogen-bond donors (Lipinski definition) is 1. The molecule has 3 heterocycles. The molecule has 0 aliphatic carbocycles. The average Bonchev–Trinajstić information content (AvgIpc) is 3.16. The second-order valence-corrected chi connectivity index (χ2v) is 6.29. The first-order valence-corrected chi connectivity index (χ1v) is 8.27. The first-order valence-electron chi connectivity index (χ1n) is 6.62. The third-order valence-electron chi connectivity index (χ3n) is 3.38. The first-order chi connectivity index (χ1) is 10.7. The van der Waals surface area contributed by atoms with Crippen LogP contribution in [0, 0.1) is 18.3 Å². The summed E-state index contributed by atoms with van der Waals surface area (Å²) in [6.45, 7) is 4.38. The van der Waals surface area contributed by atoms with E-state index in [4.69, 9.17) is 0 Å². The molecule has 1 aliphatic rings. The lowest BCUT2D eigenvalue weighted by molar-refractivity contribution is 0.208. The summed E-state index contributed by atoms with van der Waals surface area (Å²) in [4.78, 5) is 16.0. The summed E-state index contributed by atoms with van der Waals surface area (Å²) in [6.07, 6.45) is 0. The van der Waals surface area contributed by atoms with Gasteiger partial charge in [-0.15, -0.1) is 10.2 Å². The zero-order valence-electron chi connectivity index (χ0n) is 11.8. The molecule has 10 heteroatoms. The molecular weight excluding hydrogens is 322 g/mol. The molecule has 1 aliphatic heterocycles. The van der Waals surface area contributed by atoms with E-state index in [-0.39, 0.29) is 6.03 Å². The smallest absolute Gasteiger partial charge is 0.323 e. The van der Waals surface area contributed by atoms with Crippen LogP contribution in [0.15, 0.2) is 5.51 Å². The van der Waals surface area contributed by atoms with Gasteiger partial charge >= 0.3 is 6.03 Å². The molecule has 0 spiro atoms. The average molecular weight is 335 g/mol. The molecule has 1 fully saturated rings. The number of aromatic nitrogens is 3. The van der Waals surface area contributed by atoms with E-state index in [0.717, 1.165) is 10.7 Å². The Labute approximate surface area is 135 Å². The maximum Gasteiger partial charge on any atom is 0.323 e. The van der Waals surface area contributed by atoms with Gasteiger partial charge in [0, 0.05) is 26.2 Å². The van der Waals surface area contributed by atoms with Crippen LogP contribution in [0.25, 0.3) is 0 Å². The Morgan fingerprint density at radius 3 is 2.82 bits per heavy atom. The minimum atomic E-state index is -0.169. The van der Waals surface area contributed by atoms with Crippen LogP contribution >= 0.6 is 22.9 Å². The molecule has 0 radical (unpaired) electrons. The summed E-state index contributed by atoms with van der Waals surface area (Å²) in [6, 6.07) is 2.04. The van der Waals surface area contributed by atoms with Crippen molar-refractivity contribution in [2.24, 2.45) is 0 Å². The van der Waals surface area contributed by atoms with Crippen molar-refractivity contribution in [2.75, 3.05) is 36.4 Å². The van der Waals surface area contributed by atoms with Crippen molar-refractivity contribution in [3.8, 4) is 6.07 Å². The molecule has 3 rings (SSSR count). The predicted molar refractivity (Wildman–Crippen MR) is 84.3 cm³/mol. The molecule has 2 aromatic heterocycles. The predicted octanol–water partition coefficient (Wildman–Crippen LogP) is 1.53. The van der Waals surface area contributed by atoms with Crippen molar-refractivity contribution in [1.82, 2.24) is 19.5 Å². The highest BCUT2D eigenvalue weighted by molar-refractivity contribution is 7.13. The van der Waals surface area contributed by atoms with Crippen LogP contribution in [0.3, 0.4) is 0 Å². The summed E-state index contributed by atoms with van der Waals surface area (Å²) in [5.41, 5.74) is 2.97. The van der Waals surface area contributed by atoms with Gasteiger partial charge in [-0.05, 0) is 18.5 Å². The summed E-state index contributed by atoms with van der Waals surface area (Å²) in [5.74, 6) is 0. The van der Waals surface area contributed by atoms with Crippen molar-refractivity contribution in [1.29, 1.82) is 5.26 Å². The minimum absolute atomic E-state index is 0.169. The van der Waals surface area contributed by atoms with Crippen LogP contribution in [0.1, 0.15) is 11.3 Å². The maximum atomic E-state index is 12.1. The van der Waals surface area contributed by atoms with Crippen molar-refractivity contribution in [3.63, 3.8) is 0 Å². The van der Waals surface area contributed by atoms with E-state index >= 15 is 0 Å². The fourth-order valence-electron chi connectivity index (χ4n) is 2.21. The third kappa shape index (κ3) is 2.86. The second-order valence-electron chi connectivity index (χ2n) is 4.71. The van der Waals surface area contributed by atoms with Gasteiger partial charge in [0.2, 0.25) is 5.13 Å². The number of aryl methyl sites for hydroxylation is 1. The Hall–Kier alpha value is -2.25. The molecule has 2 amide bonds. The lowest BCUT2D eigenvalue weighted by Crippen LogP contribution is -2.50. The molecule has 1 N–H and O–H groups in total. The monoisotopic (exact) mass is 335 g/mol. The number of urea groups is 1. The SMILES string of the molecule is Cc1nsc(N2CCN(C(=O)Nc3nncs3)CC2)c1C#N. The Bertz CT molecular complexity index is 698. The summed E-state index contributed by atoms with van der Waals surface area (Å²) >= 11 is 2.62. The van der Waals surface area contributed by atoms with Gasteiger partial charge in [-0.3, -0.25) is 5.32 Å². The van der Waals surface area contributed by atoms with E-state index in [1.807, 2.05) is 6.92 Å². The maximum absolute atomic E-state index is 12.1. The van der Waals surface area contributed by atoms with Gasteiger partial charge in [-0.1, -0.05) is 11.3 Å². The molecular formula is C12H13N7OS2. The number of nitrogens with zero attached hydrogens (tertiary/aromatic N) is 6. The lowest BCUT2D eigenvalue weighted by atomic mass is 10.2. The van der Waals surface area contributed by atoms with Gasteiger partial charge in [0.05, 0.1) is 5.69 Å². The third-order valence-corrected chi connectivity index (χ3v) is 4.99. The molecule has 0 saturated carbocycles. The fourth-order valence-corrected chi connectivity index (χ4v) is 3.55. The van der Waals surface area contributed by atoms with Gasteiger partial charge < -0.3 is 9.80 Å². The molecule has 0 bridgehead atoms. The van der Waals surface area contributed by atoms with E-state index in [1.54, 1.807) is 10.4 Å². The number of nitrogens with one attached hydrogen (secondary N) is 1. The largest absolute Gasteiger partial charge is 0.358 e. The number of hydrogen-bond acceptors (Lipinski definition) is 8. The van der Waals surface area contributed by atoms with Crippen LogP contribution in [-0.4, -0.2) is 51.7 Å². The van der Waals surface area contributed by atoms with Crippen molar-refractivity contribution < 1.29 is 4.79 Å². The molecule has 0 unspecified atom stereocenters.